The van der Waals surface area contributed by atoms with E-state index in [1.54, 1.807) is 0 Å². The van der Waals surface area contributed by atoms with E-state index >= 15 is 0 Å². The van der Waals surface area contributed by atoms with Gasteiger partial charge in [-0.3, -0.25) is 4.79 Å². The fourth-order valence-electron chi connectivity index (χ4n) is 4.29. The summed E-state index contributed by atoms with van der Waals surface area (Å²) in [5, 5.41) is 0. The molecule has 0 aliphatic rings. The molecule has 198 valence electrons. The molecule has 0 aromatic heterocycles. The maximum Gasteiger partial charge on any atom is 0.302 e. The Balaban J connectivity index is 0.000000732. The summed E-state index contributed by atoms with van der Waals surface area (Å²) in [4.78, 5) is 9.59. The van der Waals surface area contributed by atoms with Crippen LogP contribution >= 0.6 is 0 Å². The Labute approximate surface area is 228 Å². The summed E-state index contributed by atoms with van der Waals surface area (Å²) in [6, 6.07) is 34.5. The summed E-state index contributed by atoms with van der Waals surface area (Å²) in [6.07, 6.45) is 0. The van der Waals surface area contributed by atoms with E-state index in [1.165, 1.54) is 47.4 Å². The Kier molecular flexibility index (Phi) is 9.17. The minimum Gasteiger partial charge on any atom is -0.469 e. The van der Waals surface area contributed by atoms with Crippen LogP contribution in [0.1, 0.15) is 68.0 Å². The van der Waals surface area contributed by atoms with Gasteiger partial charge in [-0.15, -0.1) is 0 Å². The van der Waals surface area contributed by atoms with Crippen molar-refractivity contribution in [3.8, 4) is 11.5 Å². The van der Waals surface area contributed by atoms with Crippen molar-refractivity contribution >= 4 is 5.97 Å². The van der Waals surface area contributed by atoms with Crippen molar-refractivity contribution in [1.29, 1.82) is 0 Å². The summed E-state index contributed by atoms with van der Waals surface area (Å²) in [6.45, 7) is 14.7. The molecule has 0 saturated heterocycles. The van der Waals surface area contributed by atoms with Crippen LogP contribution in [0.4, 0.5) is 0 Å². The Morgan fingerprint density at radius 2 is 0.763 bits per heavy atom. The third-order valence-electron chi connectivity index (χ3n) is 7.22. The zero-order chi connectivity index (χ0) is 27.9. The van der Waals surface area contributed by atoms with Crippen molar-refractivity contribution in [3.63, 3.8) is 0 Å². The van der Waals surface area contributed by atoms with Gasteiger partial charge in [-0.25, -0.2) is 0 Å². The molecule has 0 saturated carbocycles. The van der Waals surface area contributed by atoms with E-state index in [2.05, 4.69) is 143 Å². The molecular weight excluding hydrogens is 468 g/mol. The lowest BCUT2D eigenvalue weighted by Gasteiger charge is -2.27. The van der Waals surface area contributed by atoms with Crippen LogP contribution in [0.2, 0.25) is 0 Å². The minimum atomic E-state index is -0.245. The second kappa shape index (κ2) is 12.1. The van der Waals surface area contributed by atoms with Crippen LogP contribution in [-0.2, 0) is 20.4 Å². The normalized spacial score (nSPS) is 11.3. The average Bonchev–Trinajstić information content (AvgIpc) is 2.90. The van der Waals surface area contributed by atoms with E-state index in [0.717, 1.165) is 11.5 Å². The highest BCUT2D eigenvalue weighted by Gasteiger charge is 2.24. The summed E-state index contributed by atoms with van der Waals surface area (Å²) in [5.41, 5.74) is 7.62. The smallest absolute Gasteiger partial charge is 0.302 e. The molecule has 0 N–H and O–H groups in total. The number of benzene rings is 4. The molecule has 3 nitrogen and oxygen atoms in total. The predicted molar refractivity (Wildman–Crippen MR) is 157 cm³/mol. The van der Waals surface area contributed by atoms with Crippen LogP contribution < -0.4 is 4.74 Å². The van der Waals surface area contributed by atoms with Crippen molar-refractivity contribution in [2.75, 3.05) is 7.11 Å². The van der Waals surface area contributed by atoms with E-state index in [4.69, 9.17) is 4.74 Å². The summed E-state index contributed by atoms with van der Waals surface area (Å²) < 4.78 is 10.3. The third kappa shape index (κ3) is 7.13. The van der Waals surface area contributed by atoms with Crippen LogP contribution in [-0.4, -0.2) is 13.1 Å². The Morgan fingerprint density at radius 3 is 1.00 bits per heavy atom. The number of rotatable bonds is 6. The fourth-order valence-corrected chi connectivity index (χ4v) is 4.29. The first-order chi connectivity index (χ1) is 17.9. The maximum absolute atomic E-state index is 9.59. The second-order valence-electron chi connectivity index (χ2n) is 10.8. The van der Waals surface area contributed by atoms with Gasteiger partial charge in [-0.2, -0.15) is 0 Å². The van der Waals surface area contributed by atoms with Gasteiger partial charge in [0.15, 0.2) is 0 Å². The molecule has 0 heterocycles. The first kappa shape index (κ1) is 28.7. The number of ether oxygens (including phenoxy) is 2. The van der Waals surface area contributed by atoms with Crippen molar-refractivity contribution in [2.24, 2.45) is 0 Å². The van der Waals surface area contributed by atoms with E-state index in [-0.39, 0.29) is 16.8 Å². The summed E-state index contributed by atoms with van der Waals surface area (Å²) in [7, 11) is 1.35. The Bertz CT molecular complexity index is 1210. The van der Waals surface area contributed by atoms with Crippen molar-refractivity contribution < 1.29 is 14.3 Å². The zero-order valence-electron chi connectivity index (χ0n) is 24.0. The Hall–Kier alpha value is -3.85. The highest BCUT2D eigenvalue weighted by Crippen LogP contribution is 2.35. The number of methoxy groups -OCH3 is 1. The molecule has 0 fully saturated rings. The predicted octanol–water partition coefficient (Wildman–Crippen LogP) is 8.93. The molecule has 3 heteroatoms. The molecule has 0 spiro atoms. The summed E-state index contributed by atoms with van der Waals surface area (Å²) >= 11 is 0. The molecule has 0 aliphatic heterocycles. The van der Waals surface area contributed by atoms with Gasteiger partial charge in [-0.1, -0.05) is 112 Å². The maximum atomic E-state index is 9.59. The van der Waals surface area contributed by atoms with E-state index < -0.39 is 0 Å². The van der Waals surface area contributed by atoms with Gasteiger partial charge in [0, 0.05) is 17.8 Å². The molecule has 0 atom stereocenters. The molecular formula is C35H40O3. The molecule has 0 bridgehead atoms. The lowest BCUT2D eigenvalue weighted by Crippen LogP contribution is -2.18. The topological polar surface area (TPSA) is 35.5 Å². The van der Waals surface area contributed by atoms with E-state index in [9.17, 15) is 4.79 Å². The van der Waals surface area contributed by atoms with Gasteiger partial charge in [0.05, 0.1) is 7.11 Å². The molecule has 4 aromatic carbocycles. The standard InChI is InChI=1S/C32H34O.C3H6O2/c1-23-7-11-25(12-8-23)31(3,4)27-15-19-29(20-16-27)33-30-21-17-28(18-22-30)32(5,6)26-13-9-24(2)10-14-26;1-3(4)5-2/h7-22H,1-6H3;1-2H3. The molecule has 4 aromatic rings. The van der Waals surface area contributed by atoms with Crippen molar-refractivity contribution in [3.05, 3.63) is 130 Å². The second-order valence-corrected chi connectivity index (χ2v) is 10.8. The van der Waals surface area contributed by atoms with Crippen LogP contribution in [0.5, 0.6) is 11.5 Å². The zero-order valence-corrected chi connectivity index (χ0v) is 24.0. The highest BCUT2D eigenvalue weighted by molar-refractivity contribution is 5.65. The van der Waals surface area contributed by atoms with Crippen LogP contribution in [0.25, 0.3) is 0 Å². The van der Waals surface area contributed by atoms with Crippen molar-refractivity contribution in [1.82, 2.24) is 0 Å². The monoisotopic (exact) mass is 508 g/mol. The molecule has 38 heavy (non-hydrogen) atoms. The highest BCUT2D eigenvalue weighted by atomic mass is 16.5. The van der Waals surface area contributed by atoms with Gasteiger partial charge in [-0.05, 0) is 60.4 Å². The number of esters is 1. The lowest BCUT2D eigenvalue weighted by atomic mass is 9.78. The van der Waals surface area contributed by atoms with Crippen LogP contribution in [0, 0.1) is 13.8 Å². The SMILES string of the molecule is COC(C)=O.Cc1ccc(C(C)(C)c2ccc(Oc3ccc(C(C)(C)c4ccc(C)cc4)cc3)cc2)cc1. The summed E-state index contributed by atoms with van der Waals surface area (Å²) in [5.74, 6) is 1.46. The van der Waals surface area contributed by atoms with E-state index in [1.807, 2.05) is 0 Å². The molecule has 0 aliphatic carbocycles. The van der Waals surface area contributed by atoms with Crippen LogP contribution in [0.3, 0.4) is 0 Å². The first-order valence-corrected chi connectivity index (χ1v) is 13.0. The quantitative estimate of drug-likeness (QED) is 0.244. The van der Waals surface area contributed by atoms with Gasteiger partial charge >= 0.3 is 5.97 Å². The molecule has 4 rings (SSSR count). The number of hydrogen-bond acceptors (Lipinski definition) is 3. The van der Waals surface area contributed by atoms with Gasteiger partial charge in [0.2, 0.25) is 0 Å². The van der Waals surface area contributed by atoms with Crippen molar-refractivity contribution in [2.45, 2.75) is 59.3 Å². The Morgan fingerprint density at radius 1 is 0.526 bits per heavy atom. The molecule has 0 radical (unpaired) electrons. The lowest BCUT2D eigenvalue weighted by molar-refractivity contribution is -0.137. The fraction of sp³-hybridized carbons (Fsp3) is 0.286. The van der Waals surface area contributed by atoms with Gasteiger partial charge < -0.3 is 9.47 Å². The number of aryl methyl sites for hydroxylation is 2. The van der Waals surface area contributed by atoms with Crippen LogP contribution in [0.15, 0.2) is 97.1 Å². The minimum absolute atomic E-state index is 0.0601. The number of carbonyl (C=O) groups is 1. The number of carbonyl (C=O) groups excluding carboxylic acids is 1. The largest absolute Gasteiger partial charge is 0.469 e. The molecule has 0 amide bonds. The molecule has 0 unspecified atom stereocenters. The average molecular weight is 509 g/mol. The van der Waals surface area contributed by atoms with E-state index in [0.29, 0.717) is 0 Å². The third-order valence-corrected chi connectivity index (χ3v) is 7.22. The van der Waals surface area contributed by atoms with Gasteiger partial charge in [0.1, 0.15) is 11.5 Å². The van der Waals surface area contributed by atoms with Gasteiger partial charge in [0.25, 0.3) is 0 Å². The first-order valence-electron chi connectivity index (χ1n) is 13.0. The number of hydrogen-bond donors (Lipinski definition) is 0.